The van der Waals surface area contributed by atoms with Crippen LogP contribution in [0, 0.1) is 11.8 Å². The van der Waals surface area contributed by atoms with Crippen molar-refractivity contribution >= 4 is 24.1 Å². The molecule has 5 heteroatoms. The van der Waals surface area contributed by atoms with Crippen LogP contribution in [-0.2, 0) is 4.74 Å². The van der Waals surface area contributed by atoms with Gasteiger partial charge in [-0.2, -0.15) is 0 Å². The maximum atomic E-state index is 11.5. The molecule has 0 amide bonds. The van der Waals surface area contributed by atoms with Crippen molar-refractivity contribution in [2.45, 2.75) is 44.2 Å². The van der Waals surface area contributed by atoms with Gasteiger partial charge in [-0.15, -0.1) is 12.4 Å². The Hall–Kier alpha value is -1.26. The Labute approximate surface area is 136 Å². The quantitative estimate of drug-likeness (QED) is 0.867. The van der Waals surface area contributed by atoms with Gasteiger partial charge < -0.3 is 15.2 Å². The SMILES string of the molecule is Cl.O=C(O)c1cccc2c1C1OCCC1C(C1CCCC1)N2. The molecule has 3 aliphatic rings. The summed E-state index contributed by atoms with van der Waals surface area (Å²) in [6.07, 6.45) is 6.21. The molecule has 0 bridgehead atoms. The first-order valence-electron chi connectivity index (χ1n) is 8.00. The standard InChI is InChI=1S/C17H21NO3.ClH/c19-17(20)11-6-3-7-13-14(11)16-12(8-9-21-16)15(18-13)10-4-1-2-5-10;/h3,6-7,10,12,15-16,18H,1-2,4-5,8-9H2,(H,19,20);1H. The number of nitrogens with one attached hydrogen (secondary N) is 1. The van der Waals surface area contributed by atoms with E-state index in [0.717, 1.165) is 24.3 Å². The van der Waals surface area contributed by atoms with Crippen molar-refractivity contribution in [1.82, 2.24) is 0 Å². The number of hydrogen-bond acceptors (Lipinski definition) is 3. The van der Waals surface area contributed by atoms with Gasteiger partial charge >= 0.3 is 5.97 Å². The molecule has 2 heterocycles. The second-order valence-corrected chi connectivity index (χ2v) is 6.53. The van der Waals surface area contributed by atoms with Crippen LogP contribution >= 0.6 is 12.4 Å². The van der Waals surface area contributed by atoms with E-state index in [2.05, 4.69) is 5.32 Å². The molecule has 1 aromatic carbocycles. The van der Waals surface area contributed by atoms with Gasteiger partial charge in [-0.05, 0) is 37.3 Å². The Morgan fingerprint density at radius 1 is 1.23 bits per heavy atom. The fourth-order valence-electron chi connectivity index (χ4n) is 4.53. The zero-order valence-corrected chi connectivity index (χ0v) is 13.3. The zero-order chi connectivity index (χ0) is 14.4. The van der Waals surface area contributed by atoms with Gasteiger partial charge in [-0.1, -0.05) is 18.9 Å². The first-order chi connectivity index (χ1) is 10.3. The molecule has 3 unspecified atom stereocenters. The molecule has 120 valence electrons. The van der Waals surface area contributed by atoms with Crippen molar-refractivity contribution in [1.29, 1.82) is 0 Å². The summed E-state index contributed by atoms with van der Waals surface area (Å²) in [6.45, 7) is 0.744. The van der Waals surface area contributed by atoms with E-state index in [9.17, 15) is 9.90 Å². The first-order valence-corrected chi connectivity index (χ1v) is 8.00. The summed E-state index contributed by atoms with van der Waals surface area (Å²) in [7, 11) is 0. The van der Waals surface area contributed by atoms with Crippen LogP contribution in [0.5, 0.6) is 0 Å². The number of rotatable bonds is 2. The van der Waals surface area contributed by atoms with Gasteiger partial charge in [0.2, 0.25) is 0 Å². The average molecular weight is 324 g/mol. The Morgan fingerprint density at radius 3 is 2.73 bits per heavy atom. The van der Waals surface area contributed by atoms with E-state index in [1.165, 1.54) is 25.7 Å². The third-order valence-corrected chi connectivity index (χ3v) is 5.45. The lowest BCUT2D eigenvalue weighted by atomic mass is 9.76. The molecule has 1 aliphatic carbocycles. The van der Waals surface area contributed by atoms with E-state index in [4.69, 9.17) is 4.74 Å². The third-order valence-electron chi connectivity index (χ3n) is 5.45. The molecule has 0 aromatic heterocycles. The largest absolute Gasteiger partial charge is 0.478 e. The molecule has 4 rings (SSSR count). The molecule has 2 aliphatic heterocycles. The Bertz CT molecular complexity index is 571. The van der Waals surface area contributed by atoms with Crippen molar-refractivity contribution in [3.8, 4) is 0 Å². The fourth-order valence-corrected chi connectivity index (χ4v) is 4.53. The summed E-state index contributed by atoms with van der Waals surface area (Å²) in [4.78, 5) is 11.5. The number of anilines is 1. The van der Waals surface area contributed by atoms with Crippen LogP contribution in [0.15, 0.2) is 18.2 Å². The zero-order valence-electron chi connectivity index (χ0n) is 12.5. The summed E-state index contributed by atoms with van der Waals surface area (Å²) in [5, 5.41) is 13.1. The van der Waals surface area contributed by atoms with Gasteiger partial charge in [0.15, 0.2) is 0 Å². The monoisotopic (exact) mass is 323 g/mol. The Morgan fingerprint density at radius 2 is 2.00 bits per heavy atom. The number of carboxylic acid groups (broad SMARTS) is 1. The molecule has 2 N–H and O–H groups in total. The second kappa shape index (κ2) is 6.09. The van der Waals surface area contributed by atoms with E-state index < -0.39 is 5.97 Å². The van der Waals surface area contributed by atoms with Gasteiger partial charge in [0.05, 0.1) is 11.7 Å². The van der Waals surface area contributed by atoms with Crippen LogP contribution in [0.3, 0.4) is 0 Å². The maximum absolute atomic E-state index is 11.5. The molecule has 0 spiro atoms. The van der Waals surface area contributed by atoms with E-state index in [-0.39, 0.29) is 18.5 Å². The third kappa shape index (κ3) is 2.38. The molecule has 1 saturated carbocycles. The van der Waals surface area contributed by atoms with Crippen LogP contribution in [0.2, 0.25) is 0 Å². The highest BCUT2D eigenvalue weighted by Gasteiger charge is 2.45. The average Bonchev–Trinajstić information content (AvgIpc) is 3.17. The van der Waals surface area contributed by atoms with Crippen molar-refractivity contribution in [2.24, 2.45) is 11.8 Å². The molecular weight excluding hydrogens is 302 g/mol. The summed E-state index contributed by atoms with van der Waals surface area (Å²) in [5.74, 6) is 0.268. The number of carboxylic acids is 1. The van der Waals surface area contributed by atoms with Crippen molar-refractivity contribution in [2.75, 3.05) is 11.9 Å². The van der Waals surface area contributed by atoms with Gasteiger partial charge in [0, 0.05) is 29.8 Å². The molecule has 1 saturated heterocycles. The minimum absolute atomic E-state index is 0. The van der Waals surface area contributed by atoms with Gasteiger partial charge in [0.25, 0.3) is 0 Å². The highest BCUT2D eigenvalue weighted by molar-refractivity contribution is 5.92. The number of aromatic carboxylic acids is 1. The number of carbonyl (C=O) groups is 1. The van der Waals surface area contributed by atoms with Crippen LogP contribution in [0.1, 0.15) is 54.1 Å². The maximum Gasteiger partial charge on any atom is 0.336 e. The van der Waals surface area contributed by atoms with Crippen LogP contribution in [0.4, 0.5) is 5.69 Å². The number of benzene rings is 1. The first kappa shape index (κ1) is 15.6. The van der Waals surface area contributed by atoms with Crippen molar-refractivity contribution < 1.29 is 14.6 Å². The number of ether oxygens (including phenoxy) is 1. The number of halogens is 1. The van der Waals surface area contributed by atoms with Crippen LogP contribution < -0.4 is 5.32 Å². The topological polar surface area (TPSA) is 58.6 Å². The fraction of sp³-hybridized carbons (Fsp3) is 0.588. The molecular formula is C17H22ClNO3. The predicted octanol–water partition coefficient (Wildman–Crippen LogP) is 3.87. The Kier molecular flexibility index (Phi) is 4.33. The summed E-state index contributed by atoms with van der Waals surface area (Å²) < 4.78 is 5.96. The number of fused-ring (bicyclic) bond motifs is 3. The Balaban J connectivity index is 0.00000144. The molecule has 4 nitrogen and oxygen atoms in total. The lowest BCUT2D eigenvalue weighted by Crippen LogP contribution is -2.41. The number of hydrogen-bond donors (Lipinski definition) is 2. The van der Waals surface area contributed by atoms with Gasteiger partial charge in [-0.25, -0.2) is 4.79 Å². The molecule has 2 fully saturated rings. The molecule has 22 heavy (non-hydrogen) atoms. The van der Waals surface area contributed by atoms with Crippen LogP contribution in [-0.4, -0.2) is 23.7 Å². The van der Waals surface area contributed by atoms with E-state index in [0.29, 0.717) is 23.4 Å². The molecule has 1 aromatic rings. The summed E-state index contributed by atoms with van der Waals surface area (Å²) in [5.41, 5.74) is 2.22. The summed E-state index contributed by atoms with van der Waals surface area (Å²) >= 11 is 0. The van der Waals surface area contributed by atoms with E-state index in [1.54, 1.807) is 6.07 Å². The second-order valence-electron chi connectivity index (χ2n) is 6.53. The molecule has 0 radical (unpaired) electrons. The van der Waals surface area contributed by atoms with Gasteiger partial charge in [-0.3, -0.25) is 0 Å². The minimum Gasteiger partial charge on any atom is -0.478 e. The normalized spacial score (nSPS) is 30.1. The van der Waals surface area contributed by atoms with E-state index in [1.807, 2.05) is 12.1 Å². The van der Waals surface area contributed by atoms with Crippen molar-refractivity contribution in [3.05, 3.63) is 29.3 Å². The van der Waals surface area contributed by atoms with Crippen LogP contribution in [0.25, 0.3) is 0 Å². The molecule has 3 atom stereocenters. The minimum atomic E-state index is -0.859. The smallest absolute Gasteiger partial charge is 0.336 e. The summed E-state index contributed by atoms with van der Waals surface area (Å²) in [6, 6.07) is 5.96. The van der Waals surface area contributed by atoms with Crippen molar-refractivity contribution in [3.63, 3.8) is 0 Å². The van der Waals surface area contributed by atoms with Gasteiger partial charge in [0.1, 0.15) is 0 Å². The highest BCUT2D eigenvalue weighted by atomic mass is 35.5. The predicted molar refractivity (Wildman–Crippen MR) is 86.8 cm³/mol. The van der Waals surface area contributed by atoms with E-state index >= 15 is 0 Å². The lowest BCUT2D eigenvalue weighted by molar-refractivity contribution is 0.0640. The lowest BCUT2D eigenvalue weighted by Gasteiger charge is -2.40. The highest BCUT2D eigenvalue weighted by Crippen LogP contribution is 2.49.